The highest BCUT2D eigenvalue weighted by Gasteiger charge is 2.12. The molecule has 1 heterocycles. The molecule has 0 spiro atoms. The number of terminal acetylenes is 1. The molecule has 0 amide bonds. The molecule has 4 aromatic carbocycles. The number of benzene rings is 4. The second-order valence-electron chi connectivity index (χ2n) is 6.96. The van der Waals surface area contributed by atoms with Crippen molar-refractivity contribution < 1.29 is 0 Å². The third-order valence-electron chi connectivity index (χ3n) is 5.11. The lowest BCUT2D eigenvalue weighted by molar-refractivity contribution is 1.17. The van der Waals surface area contributed by atoms with Crippen LogP contribution in [0.4, 0.5) is 0 Å². The molecule has 30 heavy (non-hydrogen) atoms. The fourth-order valence-electron chi connectivity index (χ4n) is 3.74. The summed E-state index contributed by atoms with van der Waals surface area (Å²) in [6, 6.07) is 34.8. The molecule has 0 atom stereocenters. The van der Waals surface area contributed by atoms with Crippen molar-refractivity contribution >= 4 is 21.8 Å². The van der Waals surface area contributed by atoms with Crippen LogP contribution < -0.4 is 0 Å². The summed E-state index contributed by atoms with van der Waals surface area (Å²) in [5.41, 5.74) is 6.31. The fraction of sp³-hybridized carbons (Fsp3) is 0.0357. The van der Waals surface area contributed by atoms with Gasteiger partial charge in [0.1, 0.15) is 6.07 Å². The van der Waals surface area contributed by atoms with E-state index in [1.54, 1.807) is 18.2 Å². The Labute approximate surface area is 176 Å². The first-order valence-electron chi connectivity index (χ1n) is 9.74. The van der Waals surface area contributed by atoms with E-state index >= 15 is 0 Å². The molecule has 5 rings (SSSR count). The van der Waals surface area contributed by atoms with Crippen LogP contribution in [0, 0.1) is 30.6 Å². The zero-order chi connectivity index (χ0) is 20.9. The highest BCUT2D eigenvalue weighted by atomic mass is 15.0. The maximum absolute atomic E-state index is 8.50. The summed E-state index contributed by atoms with van der Waals surface area (Å²) in [6.07, 6.45) is 5.13. The average molecular weight is 384 g/mol. The number of aryl methyl sites for hydroxylation is 1. The van der Waals surface area contributed by atoms with Gasteiger partial charge in [-0.25, -0.2) is 0 Å². The number of rotatable bonds is 1. The van der Waals surface area contributed by atoms with E-state index in [2.05, 4.69) is 90.2 Å². The van der Waals surface area contributed by atoms with E-state index in [-0.39, 0.29) is 0 Å². The Hall–Kier alpha value is -4.27. The van der Waals surface area contributed by atoms with E-state index in [4.69, 9.17) is 11.7 Å². The second-order valence-corrected chi connectivity index (χ2v) is 6.96. The standard InChI is InChI=1S/C19H15N.C9H5N/c1-14-8-7-12-17-16-11-5-6-13-18(16)20(19(14)17)15-9-3-2-4-10-15;1-2-8-5-3-4-6-9(8)7-10/h2-13H,1H3;1,3-6H. The Morgan fingerprint density at radius 3 is 2.03 bits per heavy atom. The van der Waals surface area contributed by atoms with Gasteiger partial charge in [0.05, 0.1) is 16.6 Å². The Bertz CT molecular complexity index is 1380. The van der Waals surface area contributed by atoms with Crippen molar-refractivity contribution in [1.29, 1.82) is 5.26 Å². The van der Waals surface area contributed by atoms with Crippen molar-refractivity contribution in [3.63, 3.8) is 0 Å². The van der Waals surface area contributed by atoms with Gasteiger partial charge in [0.2, 0.25) is 0 Å². The van der Waals surface area contributed by atoms with E-state index in [0.29, 0.717) is 11.1 Å². The normalized spacial score (nSPS) is 10.1. The zero-order valence-electron chi connectivity index (χ0n) is 16.7. The molecule has 0 saturated carbocycles. The van der Waals surface area contributed by atoms with Crippen molar-refractivity contribution in [3.05, 3.63) is 114 Å². The molecule has 0 fully saturated rings. The smallest absolute Gasteiger partial charge is 0.100 e. The molecule has 0 N–H and O–H groups in total. The first kappa shape index (κ1) is 19.1. The number of para-hydroxylation sites is 3. The molecule has 0 saturated heterocycles. The van der Waals surface area contributed by atoms with Gasteiger partial charge < -0.3 is 4.57 Å². The van der Waals surface area contributed by atoms with Crippen molar-refractivity contribution in [2.75, 3.05) is 0 Å². The number of hydrogen-bond donors (Lipinski definition) is 0. The van der Waals surface area contributed by atoms with E-state index in [1.165, 1.54) is 33.1 Å². The summed E-state index contributed by atoms with van der Waals surface area (Å²) in [6.45, 7) is 2.18. The van der Waals surface area contributed by atoms with Gasteiger partial charge >= 0.3 is 0 Å². The monoisotopic (exact) mass is 384 g/mol. The molecule has 0 aliphatic carbocycles. The van der Waals surface area contributed by atoms with Crippen LogP contribution in [0.25, 0.3) is 27.5 Å². The minimum Gasteiger partial charge on any atom is -0.309 e. The Kier molecular flexibility index (Phi) is 5.33. The lowest BCUT2D eigenvalue weighted by Crippen LogP contribution is -1.94. The van der Waals surface area contributed by atoms with Crippen LogP contribution in [-0.4, -0.2) is 4.57 Å². The second kappa shape index (κ2) is 8.39. The van der Waals surface area contributed by atoms with E-state index in [1.807, 2.05) is 12.1 Å². The molecule has 2 nitrogen and oxygen atoms in total. The van der Waals surface area contributed by atoms with Crippen molar-refractivity contribution in [1.82, 2.24) is 4.57 Å². The quantitative estimate of drug-likeness (QED) is 0.298. The minimum atomic E-state index is 0.560. The fourth-order valence-corrected chi connectivity index (χ4v) is 3.74. The highest BCUT2D eigenvalue weighted by Crippen LogP contribution is 2.33. The van der Waals surface area contributed by atoms with Gasteiger partial charge in [0, 0.05) is 22.0 Å². The molecule has 5 aromatic rings. The van der Waals surface area contributed by atoms with E-state index < -0.39 is 0 Å². The van der Waals surface area contributed by atoms with Crippen LogP contribution >= 0.6 is 0 Å². The van der Waals surface area contributed by atoms with Crippen LogP contribution in [0.1, 0.15) is 16.7 Å². The predicted molar refractivity (Wildman–Crippen MR) is 125 cm³/mol. The molecule has 142 valence electrons. The number of nitriles is 1. The molecule has 0 aliphatic rings. The van der Waals surface area contributed by atoms with Gasteiger partial charge in [-0.15, -0.1) is 6.42 Å². The van der Waals surface area contributed by atoms with Crippen molar-refractivity contribution in [3.8, 4) is 24.1 Å². The van der Waals surface area contributed by atoms with E-state index in [9.17, 15) is 0 Å². The third-order valence-corrected chi connectivity index (χ3v) is 5.11. The van der Waals surface area contributed by atoms with Gasteiger partial charge in [0.25, 0.3) is 0 Å². The lowest BCUT2D eigenvalue weighted by atomic mass is 10.1. The van der Waals surface area contributed by atoms with Crippen LogP contribution in [-0.2, 0) is 0 Å². The van der Waals surface area contributed by atoms with Gasteiger partial charge in [-0.05, 0) is 42.8 Å². The van der Waals surface area contributed by atoms with Crippen LogP contribution in [0.3, 0.4) is 0 Å². The Balaban J connectivity index is 0.000000185. The summed E-state index contributed by atoms with van der Waals surface area (Å²) < 4.78 is 2.36. The molecular weight excluding hydrogens is 364 g/mol. The Morgan fingerprint density at radius 2 is 1.33 bits per heavy atom. The minimum absolute atomic E-state index is 0.560. The van der Waals surface area contributed by atoms with Crippen LogP contribution in [0.2, 0.25) is 0 Å². The molecule has 0 unspecified atom stereocenters. The van der Waals surface area contributed by atoms with E-state index in [0.717, 1.165) is 0 Å². The maximum Gasteiger partial charge on any atom is 0.100 e. The number of aromatic nitrogens is 1. The first-order valence-corrected chi connectivity index (χ1v) is 9.74. The molecule has 0 aliphatic heterocycles. The Morgan fingerprint density at radius 1 is 0.700 bits per heavy atom. The van der Waals surface area contributed by atoms with Crippen LogP contribution in [0.5, 0.6) is 0 Å². The van der Waals surface area contributed by atoms with Gasteiger partial charge in [-0.3, -0.25) is 0 Å². The van der Waals surface area contributed by atoms with Gasteiger partial charge in [-0.1, -0.05) is 72.7 Å². The molecular formula is C28H20N2. The van der Waals surface area contributed by atoms with Crippen molar-refractivity contribution in [2.45, 2.75) is 6.92 Å². The molecule has 0 radical (unpaired) electrons. The molecule has 0 bridgehead atoms. The summed E-state index contributed by atoms with van der Waals surface area (Å²) >= 11 is 0. The topological polar surface area (TPSA) is 28.7 Å². The number of nitrogens with zero attached hydrogens (tertiary/aromatic N) is 2. The third kappa shape index (κ3) is 3.44. The zero-order valence-corrected chi connectivity index (χ0v) is 16.7. The summed E-state index contributed by atoms with van der Waals surface area (Å²) in [4.78, 5) is 0. The summed E-state index contributed by atoms with van der Waals surface area (Å²) in [5.74, 6) is 2.42. The van der Waals surface area contributed by atoms with Crippen molar-refractivity contribution in [2.24, 2.45) is 0 Å². The largest absolute Gasteiger partial charge is 0.309 e. The predicted octanol–water partition coefficient (Wildman–Crippen LogP) is 6.63. The van der Waals surface area contributed by atoms with Crippen LogP contribution in [0.15, 0.2) is 97.1 Å². The summed E-state index contributed by atoms with van der Waals surface area (Å²) in [5, 5.41) is 11.1. The molecule has 1 aromatic heterocycles. The van der Waals surface area contributed by atoms with Gasteiger partial charge in [-0.2, -0.15) is 5.26 Å². The summed E-state index contributed by atoms with van der Waals surface area (Å²) in [7, 11) is 0. The lowest BCUT2D eigenvalue weighted by Gasteiger charge is -2.08. The number of hydrogen-bond acceptors (Lipinski definition) is 1. The number of fused-ring (bicyclic) bond motifs is 3. The highest BCUT2D eigenvalue weighted by molar-refractivity contribution is 6.10. The SMILES string of the molecule is C#Cc1ccccc1C#N.Cc1cccc2c3ccccc3n(-c3ccccc3)c12. The molecule has 2 heteroatoms. The first-order chi connectivity index (χ1) is 14.7. The average Bonchev–Trinajstić information content (AvgIpc) is 3.16. The maximum atomic E-state index is 8.50. The van der Waals surface area contributed by atoms with Gasteiger partial charge in [0.15, 0.2) is 0 Å².